The quantitative estimate of drug-likeness (QED) is 0.795. The molecule has 0 unspecified atom stereocenters. The van der Waals surface area contributed by atoms with E-state index >= 15 is 0 Å². The Balaban J connectivity index is 2.04. The average Bonchev–Trinajstić information content (AvgIpc) is 2.59. The predicted octanol–water partition coefficient (Wildman–Crippen LogP) is 2.42. The maximum atomic E-state index is 12.6. The summed E-state index contributed by atoms with van der Waals surface area (Å²) < 4.78 is 32.0. The number of benzene rings is 1. The summed E-state index contributed by atoms with van der Waals surface area (Å²) in [4.78, 5) is 11.7. The van der Waals surface area contributed by atoms with Crippen LogP contribution >= 0.6 is 11.6 Å². The maximum absolute atomic E-state index is 12.6. The number of halogens is 1. The lowest BCUT2D eigenvalue weighted by Gasteiger charge is -2.26. The molecule has 1 fully saturated rings. The van der Waals surface area contributed by atoms with Gasteiger partial charge in [0.25, 0.3) is 5.91 Å². The molecular weight excluding hydrogens is 352 g/mol. The topological polar surface area (TPSA) is 75.7 Å². The number of rotatable bonds is 7. The van der Waals surface area contributed by atoms with Gasteiger partial charge in [0.2, 0.25) is 10.0 Å². The van der Waals surface area contributed by atoms with Crippen LogP contribution in [0.4, 0.5) is 0 Å². The highest BCUT2D eigenvalue weighted by atomic mass is 35.5. The Morgan fingerprint density at radius 3 is 2.62 bits per heavy atom. The molecule has 8 heteroatoms. The summed E-state index contributed by atoms with van der Waals surface area (Å²) in [7, 11) is -3.53. The van der Waals surface area contributed by atoms with Crippen LogP contribution in [-0.4, -0.2) is 44.9 Å². The predicted molar refractivity (Wildman–Crippen MR) is 92.9 cm³/mol. The fourth-order valence-corrected chi connectivity index (χ4v) is 4.32. The van der Waals surface area contributed by atoms with Crippen molar-refractivity contribution in [3.05, 3.63) is 23.2 Å². The molecule has 0 spiro atoms. The van der Waals surface area contributed by atoms with E-state index in [1.54, 1.807) is 0 Å². The van der Waals surface area contributed by atoms with E-state index in [0.717, 1.165) is 25.7 Å². The molecule has 1 saturated heterocycles. The lowest BCUT2D eigenvalue weighted by atomic mass is 10.2. The van der Waals surface area contributed by atoms with Crippen LogP contribution in [-0.2, 0) is 14.8 Å². The highest BCUT2D eigenvalue weighted by Gasteiger charge is 2.26. The second-order valence-corrected chi connectivity index (χ2v) is 8.04. The van der Waals surface area contributed by atoms with Crippen molar-refractivity contribution in [2.45, 2.75) is 37.5 Å². The standard InChI is InChI=1S/C16H23ClN2O4S/c1-2-8-18-16(20)12-23-15-7-6-13(11-14(15)17)24(21,22)19-9-4-3-5-10-19/h6-7,11H,2-5,8-10,12H2,1H3,(H,18,20). The Morgan fingerprint density at radius 2 is 2.00 bits per heavy atom. The Kier molecular flexibility index (Phi) is 6.89. The fraction of sp³-hybridized carbons (Fsp3) is 0.562. The smallest absolute Gasteiger partial charge is 0.257 e. The van der Waals surface area contributed by atoms with E-state index in [9.17, 15) is 13.2 Å². The van der Waals surface area contributed by atoms with Gasteiger partial charge in [0, 0.05) is 19.6 Å². The molecule has 1 amide bonds. The minimum Gasteiger partial charge on any atom is -0.482 e. The number of carbonyl (C=O) groups excluding carboxylic acids is 1. The van der Waals surface area contributed by atoms with Gasteiger partial charge in [-0.25, -0.2) is 8.42 Å². The number of ether oxygens (including phenoxy) is 1. The van der Waals surface area contributed by atoms with E-state index in [4.69, 9.17) is 16.3 Å². The van der Waals surface area contributed by atoms with E-state index in [0.29, 0.717) is 25.4 Å². The molecule has 1 aromatic carbocycles. The highest BCUT2D eigenvalue weighted by molar-refractivity contribution is 7.89. The SMILES string of the molecule is CCCNC(=O)COc1ccc(S(=O)(=O)N2CCCCC2)cc1Cl. The van der Waals surface area contributed by atoms with E-state index in [-0.39, 0.29) is 22.4 Å². The molecule has 1 N–H and O–H groups in total. The van der Waals surface area contributed by atoms with E-state index < -0.39 is 10.0 Å². The minimum absolute atomic E-state index is 0.150. The van der Waals surface area contributed by atoms with Gasteiger partial charge in [-0.15, -0.1) is 0 Å². The molecule has 0 radical (unpaired) electrons. The molecule has 1 heterocycles. The van der Waals surface area contributed by atoms with Crippen LogP contribution in [0.2, 0.25) is 5.02 Å². The molecule has 1 aliphatic rings. The van der Waals surface area contributed by atoms with Gasteiger partial charge in [-0.2, -0.15) is 4.31 Å². The van der Waals surface area contributed by atoms with Crippen LogP contribution in [0.1, 0.15) is 32.6 Å². The molecule has 1 aliphatic heterocycles. The molecule has 2 rings (SSSR count). The summed E-state index contributed by atoms with van der Waals surface area (Å²) in [6, 6.07) is 4.34. The first-order chi connectivity index (χ1) is 11.4. The van der Waals surface area contributed by atoms with Gasteiger partial charge in [-0.05, 0) is 37.5 Å². The normalized spacial score (nSPS) is 15.9. The summed E-state index contributed by atoms with van der Waals surface area (Å²) in [6.07, 6.45) is 3.65. The summed E-state index contributed by atoms with van der Waals surface area (Å²) in [5, 5.41) is 2.87. The summed E-state index contributed by atoms with van der Waals surface area (Å²) in [5.74, 6) is 0.0545. The van der Waals surface area contributed by atoms with Gasteiger partial charge >= 0.3 is 0 Å². The first-order valence-corrected chi connectivity index (χ1v) is 9.96. The lowest BCUT2D eigenvalue weighted by Crippen LogP contribution is -2.35. The number of hydrogen-bond acceptors (Lipinski definition) is 4. The zero-order chi connectivity index (χ0) is 17.6. The van der Waals surface area contributed by atoms with Crippen molar-refractivity contribution in [1.29, 1.82) is 0 Å². The molecule has 1 aromatic rings. The van der Waals surface area contributed by atoms with Gasteiger partial charge in [-0.3, -0.25) is 4.79 Å². The number of carbonyl (C=O) groups is 1. The molecule has 134 valence electrons. The van der Waals surface area contributed by atoms with Crippen molar-refractivity contribution in [2.24, 2.45) is 0 Å². The fourth-order valence-electron chi connectivity index (χ4n) is 2.47. The van der Waals surface area contributed by atoms with Gasteiger partial charge in [-0.1, -0.05) is 24.9 Å². The van der Waals surface area contributed by atoms with E-state index in [2.05, 4.69) is 5.32 Å². The zero-order valence-corrected chi connectivity index (χ0v) is 15.3. The summed E-state index contributed by atoms with van der Waals surface area (Å²) in [5.41, 5.74) is 0. The number of piperidine rings is 1. The highest BCUT2D eigenvalue weighted by Crippen LogP contribution is 2.29. The number of nitrogens with zero attached hydrogens (tertiary/aromatic N) is 1. The third kappa shape index (κ3) is 4.84. The third-order valence-electron chi connectivity index (χ3n) is 3.79. The van der Waals surface area contributed by atoms with Crippen LogP contribution in [0.5, 0.6) is 5.75 Å². The van der Waals surface area contributed by atoms with Crippen molar-refractivity contribution < 1.29 is 17.9 Å². The van der Waals surface area contributed by atoms with Gasteiger partial charge in [0.1, 0.15) is 5.75 Å². The van der Waals surface area contributed by atoms with Gasteiger partial charge < -0.3 is 10.1 Å². The van der Waals surface area contributed by atoms with Crippen LogP contribution in [0.25, 0.3) is 0 Å². The molecular formula is C16H23ClN2O4S. The monoisotopic (exact) mass is 374 g/mol. The third-order valence-corrected chi connectivity index (χ3v) is 5.98. The first kappa shape index (κ1) is 19.0. The number of nitrogens with one attached hydrogen (secondary N) is 1. The molecule has 0 saturated carbocycles. The average molecular weight is 375 g/mol. The van der Waals surface area contributed by atoms with Crippen molar-refractivity contribution in [1.82, 2.24) is 9.62 Å². The Hall–Kier alpha value is -1.31. The van der Waals surface area contributed by atoms with E-state index in [1.165, 1.54) is 22.5 Å². The Bertz CT molecular complexity index is 673. The number of sulfonamides is 1. The minimum atomic E-state index is -3.53. The molecule has 6 nitrogen and oxygen atoms in total. The van der Waals surface area contributed by atoms with Crippen molar-refractivity contribution in [2.75, 3.05) is 26.2 Å². The van der Waals surface area contributed by atoms with Gasteiger partial charge in [0.05, 0.1) is 9.92 Å². The molecule has 0 aliphatic carbocycles. The van der Waals surface area contributed by atoms with Crippen LogP contribution < -0.4 is 10.1 Å². The number of amides is 1. The Labute approximate surface area is 148 Å². The van der Waals surface area contributed by atoms with Crippen molar-refractivity contribution in [3.63, 3.8) is 0 Å². The zero-order valence-electron chi connectivity index (χ0n) is 13.8. The second kappa shape index (κ2) is 8.69. The molecule has 0 aromatic heterocycles. The lowest BCUT2D eigenvalue weighted by molar-refractivity contribution is -0.123. The summed E-state index contributed by atoms with van der Waals surface area (Å²) in [6.45, 7) is 3.46. The van der Waals surface area contributed by atoms with E-state index in [1.807, 2.05) is 6.92 Å². The maximum Gasteiger partial charge on any atom is 0.257 e. The Morgan fingerprint density at radius 1 is 1.29 bits per heavy atom. The van der Waals surface area contributed by atoms with Crippen molar-refractivity contribution in [3.8, 4) is 5.75 Å². The van der Waals surface area contributed by atoms with Crippen LogP contribution in [0.3, 0.4) is 0 Å². The molecule has 24 heavy (non-hydrogen) atoms. The van der Waals surface area contributed by atoms with Crippen LogP contribution in [0, 0.1) is 0 Å². The molecule has 0 atom stereocenters. The largest absolute Gasteiger partial charge is 0.482 e. The van der Waals surface area contributed by atoms with Crippen molar-refractivity contribution >= 4 is 27.5 Å². The first-order valence-electron chi connectivity index (χ1n) is 8.14. The van der Waals surface area contributed by atoms with Crippen LogP contribution in [0.15, 0.2) is 23.1 Å². The molecule has 0 bridgehead atoms. The van der Waals surface area contributed by atoms with Gasteiger partial charge in [0.15, 0.2) is 6.61 Å². The second-order valence-electron chi connectivity index (χ2n) is 5.70. The summed E-state index contributed by atoms with van der Waals surface area (Å²) >= 11 is 6.12. The number of hydrogen-bond donors (Lipinski definition) is 1.